The van der Waals surface area contributed by atoms with Crippen LogP contribution in [0, 0.1) is 0 Å². The third kappa shape index (κ3) is 7.03. The van der Waals surface area contributed by atoms with Crippen LogP contribution < -0.4 is 14.4 Å². The van der Waals surface area contributed by atoms with Crippen molar-refractivity contribution in [1.82, 2.24) is 4.98 Å². The zero-order valence-corrected chi connectivity index (χ0v) is 25.8. The van der Waals surface area contributed by atoms with Gasteiger partial charge in [0, 0.05) is 48.9 Å². The summed E-state index contributed by atoms with van der Waals surface area (Å²) in [5, 5.41) is 0.173. The number of rotatable bonds is 10. The first-order valence-electron chi connectivity index (χ1n) is 13.9. The summed E-state index contributed by atoms with van der Waals surface area (Å²) >= 11 is 0. The number of pyridine rings is 1. The van der Waals surface area contributed by atoms with Crippen LogP contribution in [0.1, 0.15) is 56.0 Å². The largest absolute Gasteiger partial charge is 0.493 e. The SMILES string of the molecule is COC(=O)c1cccc(N(Cc2cccnc2)c2ccc(OC)c(OC3CCC(O[Si](C)(C)C(C)(C)C)C3)c2)c1. The second-order valence-corrected chi connectivity index (χ2v) is 16.6. The smallest absolute Gasteiger partial charge is 0.337 e. The van der Waals surface area contributed by atoms with Crippen molar-refractivity contribution in [1.29, 1.82) is 0 Å². The van der Waals surface area contributed by atoms with Gasteiger partial charge in [0.2, 0.25) is 0 Å². The second kappa shape index (κ2) is 12.4. The lowest BCUT2D eigenvalue weighted by Crippen LogP contribution is -2.43. The number of benzene rings is 2. The van der Waals surface area contributed by atoms with Gasteiger partial charge < -0.3 is 23.5 Å². The van der Waals surface area contributed by atoms with E-state index in [-0.39, 0.29) is 23.2 Å². The van der Waals surface area contributed by atoms with Gasteiger partial charge in [0.15, 0.2) is 19.8 Å². The van der Waals surface area contributed by atoms with Crippen molar-refractivity contribution in [2.75, 3.05) is 19.1 Å². The molecule has 214 valence electrons. The maximum atomic E-state index is 12.3. The van der Waals surface area contributed by atoms with Crippen LogP contribution in [0.2, 0.25) is 18.1 Å². The molecule has 0 aliphatic heterocycles. The van der Waals surface area contributed by atoms with Gasteiger partial charge in [0.05, 0.1) is 19.8 Å². The number of carbonyl (C=O) groups is 1. The van der Waals surface area contributed by atoms with Crippen LogP contribution in [0.5, 0.6) is 11.5 Å². The van der Waals surface area contributed by atoms with E-state index >= 15 is 0 Å². The number of carbonyl (C=O) groups excluding carboxylic acids is 1. The van der Waals surface area contributed by atoms with Crippen LogP contribution in [0.15, 0.2) is 67.0 Å². The summed E-state index contributed by atoms with van der Waals surface area (Å²) in [6, 6.07) is 17.3. The first-order valence-corrected chi connectivity index (χ1v) is 16.8. The fraction of sp³-hybridized carbons (Fsp3) is 0.438. The third-order valence-corrected chi connectivity index (χ3v) is 12.5. The normalized spacial score (nSPS) is 17.4. The Morgan fingerprint density at radius 3 is 2.40 bits per heavy atom. The van der Waals surface area contributed by atoms with Crippen molar-refractivity contribution in [3.05, 3.63) is 78.1 Å². The van der Waals surface area contributed by atoms with E-state index in [0.29, 0.717) is 23.6 Å². The molecule has 0 saturated heterocycles. The lowest BCUT2D eigenvalue weighted by molar-refractivity contribution is 0.0600. The Morgan fingerprint density at radius 2 is 1.73 bits per heavy atom. The van der Waals surface area contributed by atoms with Gasteiger partial charge in [0.1, 0.15) is 6.10 Å². The topological polar surface area (TPSA) is 70.1 Å². The minimum atomic E-state index is -1.85. The van der Waals surface area contributed by atoms with Gasteiger partial charge in [-0.25, -0.2) is 4.79 Å². The van der Waals surface area contributed by atoms with Crippen molar-refractivity contribution >= 4 is 25.7 Å². The van der Waals surface area contributed by atoms with Crippen molar-refractivity contribution in [3.63, 3.8) is 0 Å². The number of esters is 1. The van der Waals surface area contributed by atoms with Crippen molar-refractivity contribution in [2.24, 2.45) is 0 Å². The zero-order valence-electron chi connectivity index (χ0n) is 24.8. The molecule has 0 radical (unpaired) electrons. The molecule has 2 unspecified atom stereocenters. The Labute approximate surface area is 239 Å². The number of anilines is 2. The molecule has 4 rings (SSSR count). The summed E-state index contributed by atoms with van der Waals surface area (Å²) in [5.41, 5.74) is 3.28. The summed E-state index contributed by atoms with van der Waals surface area (Å²) in [4.78, 5) is 18.7. The fourth-order valence-electron chi connectivity index (χ4n) is 4.74. The highest BCUT2D eigenvalue weighted by Crippen LogP contribution is 2.41. The lowest BCUT2D eigenvalue weighted by Gasteiger charge is -2.38. The molecule has 40 heavy (non-hydrogen) atoms. The van der Waals surface area contributed by atoms with Gasteiger partial charge in [-0.05, 0) is 72.9 Å². The number of ether oxygens (including phenoxy) is 3. The summed E-state index contributed by atoms with van der Waals surface area (Å²) in [6.07, 6.45) is 6.66. The molecule has 1 heterocycles. The molecule has 1 aliphatic rings. The number of nitrogens with zero attached hydrogens (tertiary/aromatic N) is 2. The summed E-state index contributed by atoms with van der Waals surface area (Å²) in [7, 11) is 1.20. The van der Waals surface area contributed by atoms with E-state index < -0.39 is 8.32 Å². The monoisotopic (exact) mass is 562 g/mol. The lowest BCUT2D eigenvalue weighted by atomic mass is 10.1. The molecule has 3 aromatic rings. The number of hydrogen-bond donors (Lipinski definition) is 0. The zero-order chi connectivity index (χ0) is 28.9. The molecule has 0 N–H and O–H groups in total. The number of aromatic nitrogens is 1. The molecule has 1 aliphatic carbocycles. The van der Waals surface area contributed by atoms with Crippen LogP contribution in [0.3, 0.4) is 0 Å². The predicted octanol–water partition coefficient (Wildman–Crippen LogP) is 7.54. The number of hydrogen-bond acceptors (Lipinski definition) is 7. The van der Waals surface area contributed by atoms with Crippen LogP contribution in [0.25, 0.3) is 0 Å². The van der Waals surface area contributed by atoms with Crippen molar-refractivity contribution in [2.45, 2.75) is 76.9 Å². The number of methoxy groups -OCH3 is 2. The third-order valence-electron chi connectivity index (χ3n) is 8.00. The van der Waals surface area contributed by atoms with Crippen LogP contribution in [-0.2, 0) is 15.7 Å². The molecule has 1 saturated carbocycles. The molecule has 0 amide bonds. The molecular weight excluding hydrogens is 520 g/mol. The van der Waals surface area contributed by atoms with Gasteiger partial charge in [0.25, 0.3) is 0 Å². The van der Waals surface area contributed by atoms with E-state index in [0.717, 1.165) is 36.2 Å². The summed E-state index contributed by atoms with van der Waals surface area (Å²) < 4.78 is 23.9. The first-order chi connectivity index (χ1) is 19.0. The van der Waals surface area contributed by atoms with Gasteiger partial charge in [-0.3, -0.25) is 4.98 Å². The van der Waals surface area contributed by atoms with Crippen LogP contribution in [0.4, 0.5) is 11.4 Å². The van der Waals surface area contributed by atoms with Gasteiger partial charge >= 0.3 is 5.97 Å². The molecular formula is C32H42N2O5Si. The van der Waals surface area contributed by atoms with Gasteiger partial charge in [-0.2, -0.15) is 0 Å². The summed E-state index contributed by atoms with van der Waals surface area (Å²) in [5.74, 6) is 0.998. The van der Waals surface area contributed by atoms with E-state index in [9.17, 15) is 4.79 Å². The molecule has 8 heteroatoms. The second-order valence-electron chi connectivity index (χ2n) is 11.9. The quantitative estimate of drug-likeness (QED) is 0.187. The average Bonchev–Trinajstić information content (AvgIpc) is 3.37. The maximum absolute atomic E-state index is 12.3. The molecule has 7 nitrogen and oxygen atoms in total. The minimum Gasteiger partial charge on any atom is -0.493 e. The predicted molar refractivity (Wildman–Crippen MR) is 161 cm³/mol. The Hall–Kier alpha value is -3.36. The highest BCUT2D eigenvalue weighted by atomic mass is 28.4. The summed E-state index contributed by atoms with van der Waals surface area (Å²) in [6.45, 7) is 12.0. The molecule has 0 spiro atoms. The van der Waals surface area contributed by atoms with E-state index in [4.69, 9.17) is 18.6 Å². The van der Waals surface area contributed by atoms with E-state index in [1.54, 1.807) is 19.4 Å². The molecule has 1 fully saturated rings. The van der Waals surface area contributed by atoms with Crippen molar-refractivity contribution in [3.8, 4) is 11.5 Å². The van der Waals surface area contributed by atoms with Gasteiger partial charge in [-0.15, -0.1) is 0 Å². The molecule has 2 atom stereocenters. The Balaban J connectivity index is 1.61. The van der Waals surface area contributed by atoms with Crippen LogP contribution >= 0.6 is 0 Å². The molecule has 2 aromatic carbocycles. The Kier molecular flexibility index (Phi) is 9.21. The van der Waals surface area contributed by atoms with E-state index in [1.165, 1.54) is 7.11 Å². The Bertz CT molecular complexity index is 1290. The highest BCUT2D eigenvalue weighted by Gasteiger charge is 2.41. The molecule has 1 aromatic heterocycles. The average molecular weight is 563 g/mol. The van der Waals surface area contributed by atoms with Crippen molar-refractivity contribution < 1.29 is 23.4 Å². The Morgan fingerprint density at radius 1 is 0.975 bits per heavy atom. The standard InChI is InChI=1S/C32H42N2O5Si/c1-32(2,3)40(6,7)39-28-15-14-27(20-28)38-30-19-26(13-16-29(30)36-4)34(22-23-10-9-17-33-21-23)25-12-8-11-24(18-25)31(35)37-5/h8-13,16-19,21,27-28H,14-15,20,22H2,1-7H3. The fourth-order valence-corrected chi connectivity index (χ4v) is 6.14. The van der Waals surface area contributed by atoms with E-state index in [1.807, 2.05) is 54.7 Å². The minimum absolute atomic E-state index is 0.0494. The first kappa shape index (κ1) is 29.6. The van der Waals surface area contributed by atoms with E-state index in [2.05, 4.69) is 43.7 Å². The van der Waals surface area contributed by atoms with Gasteiger partial charge in [-0.1, -0.05) is 32.9 Å². The highest BCUT2D eigenvalue weighted by molar-refractivity contribution is 6.74. The maximum Gasteiger partial charge on any atom is 0.337 e. The molecule has 0 bridgehead atoms. The van der Waals surface area contributed by atoms with Crippen LogP contribution in [-0.4, -0.2) is 45.7 Å².